The molecule has 1 saturated heterocycles. The Kier molecular flexibility index (Phi) is 5.68. The number of nitro groups is 1. The van der Waals surface area contributed by atoms with E-state index in [-0.39, 0.29) is 42.6 Å². The van der Waals surface area contributed by atoms with Crippen LogP contribution in [0.25, 0.3) is 0 Å². The van der Waals surface area contributed by atoms with Gasteiger partial charge in [0.15, 0.2) is 0 Å². The number of rotatable bonds is 5. The summed E-state index contributed by atoms with van der Waals surface area (Å²) < 4.78 is 50.7. The number of nitrogens with zero attached hydrogens (tertiary/aromatic N) is 2. The van der Waals surface area contributed by atoms with E-state index in [1.807, 2.05) is 0 Å². The zero-order chi connectivity index (χ0) is 20.3. The third kappa shape index (κ3) is 4.16. The van der Waals surface area contributed by atoms with Gasteiger partial charge in [0.2, 0.25) is 10.0 Å². The van der Waals surface area contributed by atoms with Crippen LogP contribution in [0.15, 0.2) is 47.4 Å². The average Bonchev–Trinajstić information content (AvgIpc) is 2.69. The van der Waals surface area contributed by atoms with Gasteiger partial charge in [-0.1, -0.05) is 6.07 Å². The molecule has 0 aliphatic carbocycles. The highest BCUT2D eigenvalue weighted by Gasteiger charge is 2.28. The van der Waals surface area contributed by atoms with Gasteiger partial charge in [-0.2, -0.15) is 4.31 Å². The fourth-order valence-corrected chi connectivity index (χ4v) is 4.01. The Labute approximate surface area is 159 Å². The van der Waals surface area contributed by atoms with E-state index < -0.39 is 32.3 Å². The normalized spacial score (nSPS) is 15.2. The van der Waals surface area contributed by atoms with Crippen molar-refractivity contribution < 1.29 is 32.0 Å². The zero-order valence-corrected chi connectivity index (χ0v) is 15.2. The molecule has 3 rings (SSSR count). The van der Waals surface area contributed by atoms with Crippen LogP contribution in [0.1, 0.15) is 10.4 Å². The molecule has 1 aliphatic rings. The number of carbonyl (C=O) groups excluding carboxylic acids is 1. The molecule has 0 spiro atoms. The van der Waals surface area contributed by atoms with Crippen molar-refractivity contribution in [2.24, 2.45) is 0 Å². The predicted octanol–water partition coefficient (Wildman–Crippen LogP) is 1.97. The first-order chi connectivity index (χ1) is 13.3. The number of sulfonamides is 1. The molecule has 148 valence electrons. The summed E-state index contributed by atoms with van der Waals surface area (Å²) in [5, 5.41) is 10.8. The Balaban J connectivity index is 1.88. The minimum atomic E-state index is -3.94. The summed E-state index contributed by atoms with van der Waals surface area (Å²) in [6.07, 6.45) is 0. The first-order valence-corrected chi connectivity index (χ1v) is 9.57. The first kappa shape index (κ1) is 19.9. The predicted molar refractivity (Wildman–Crippen MR) is 94.0 cm³/mol. The molecule has 0 aromatic heterocycles. The van der Waals surface area contributed by atoms with Gasteiger partial charge in [-0.15, -0.1) is 0 Å². The van der Waals surface area contributed by atoms with E-state index in [0.29, 0.717) is 0 Å². The lowest BCUT2D eigenvalue weighted by atomic mass is 10.2. The van der Waals surface area contributed by atoms with E-state index >= 15 is 0 Å². The molecular formula is C17H15FN2O7S. The molecule has 2 aromatic carbocycles. The highest BCUT2D eigenvalue weighted by molar-refractivity contribution is 7.89. The second kappa shape index (κ2) is 8.00. The second-order valence-electron chi connectivity index (χ2n) is 5.80. The summed E-state index contributed by atoms with van der Waals surface area (Å²) in [6.45, 7) is 0.768. The molecule has 0 radical (unpaired) electrons. The van der Waals surface area contributed by atoms with Crippen LogP contribution in [0.5, 0.6) is 5.75 Å². The molecule has 9 nitrogen and oxygen atoms in total. The van der Waals surface area contributed by atoms with Crippen molar-refractivity contribution in [1.29, 1.82) is 0 Å². The van der Waals surface area contributed by atoms with Crippen LogP contribution >= 0.6 is 0 Å². The molecule has 1 fully saturated rings. The topological polar surface area (TPSA) is 116 Å². The van der Waals surface area contributed by atoms with Crippen molar-refractivity contribution in [3.63, 3.8) is 0 Å². The molecule has 0 amide bonds. The molecular weight excluding hydrogens is 395 g/mol. The molecule has 1 heterocycles. The minimum Gasteiger partial charge on any atom is -0.423 e. The van der Waals surface area contributed by atoms with Crippen molar-refractivity contribution in [2.75, 3.05) is 26.3 Å². The number of halogens is 1. The van der Waals surface area contributed by atoms with Crippen molar-refractivity contribution in [1.82, 2.24) is 4.31 Å². The van der Waals surface area contributed by atoms with Crippen LogP contribution in [0.2, 0.25) is 0 Å². The van der Waals surface area contributed by atoms with Gasteiger partial charge in [-0.05, 0) is 24.3 Å². The molecule has 28 heavy (non-hydrogen) atoms. The maximum absolute atomic E-state index is 14.1. The van der Waals surface area contributed by atoms with E-state index in [1.165, 1.54) is 22.5 Å². The van der Waals surface area contributed by atoms with Crippen molar-refractivity contribution in [2.45, 2.75) is 4.90 Å². The third-order valence-electron chi connectivity index (χ3n) is 4.00. The van der Waals surface area contributed by atoms with Crippen molar-refractivity contribution in [3.05, 3.63) is 64.0 Å². The van der Waals surface area contributed by atoms with Gasteiger partial charge in [0.25, 0.3) is 5.69 Å². The van der Waals surface area contributed by atoms with Gasteiger partial charge in [0.1, 0.15) is 11.6 Å². The molecule has 0 unspecified atom stereocenters. The minimum absolute atomic E-state index is 0.146. The van der Waals surface area contributed by atoms with Crippen LogP contribution in [0.3, 0.4) is 0 Å². The Morgan fingerprint density at radius 1 is 1.18 bits per heavy atom. The molecule has 0 bridgehead atoms. The number of esters is 1. The fraction of sp³-hybridized carbons (Fsp3) is 0.235. The lowest BCUT2D eigenvalue weighted by Gasteiger charge is -2.26. The molecule has 0 saturated carbocycles. The first-order valence-electron chi connectivity index (χ1n) is 8.13. The number of hydrogen-bond acceptors (Lipinski definition) is 7. The molecule has 0 N–H and O–H groups in total. The summed E-state index contributed by atoms with van der Waals surface area (Å²) in [5.74, 6) is -2.31. The Bertz CT molecular complexity index is 1020. The van der Waals surface area contributed by atoms with E-state index in [1.54, 1.807) is 0 Å². The van der Waals surface area contributed by atoms with Crippen LogP contribution in [-0.2, 0) is 14.8 Å². The van der Waals surface area contributed by atoms with Gasteiger partial charge in [-0.25, -0.2) is 17.6 Å². The number of ether oxygens (including phenoxy) is 2. The Hall–Kier alpha value is -2.89. The molecule has 11 heteroatoms. The van der Waals surface area contributed by atoms with Gasteiger partial charge >= 0.3 is 5.97 Å². The Morgan fingerprint density at radius 2 is 1.89 bits per heavy atom. The largest absolute Gasteiger partial charge is 0.423 e. The molecule has 1 aliphatic heterocycles. The van der Waals surface area contributed by atoms with Crippen molar-refractivity contribution >= 4 is 21.7 Å². The van der Waals surface area contributed by atoms with E-state index in [4.69, 9.17) is 9.47 Å². The number of non-ortho nitro benzene ring substituents is 1. The quantitative estimate of drug-likeness (QED) is 0.320. The molecule has 2 aromatic rings. The Morgan fingerprint density at radius 3 is 2.57 bits per heavy atom. The highest BCUT2D eigenvalue weighted by atomic mass is 32.2. The fourth-order valence-electron chi connectivity index (χ4n) is 2.58. The van der Waals surface area contributed by atoms with Gasteiger partial charge in [0, 0.05) is 19.2 Å². The second-order valence-corrected chi connectivity index (χ2v) is 7.74. The summed E-state index contributed by atoms with van der Waals surface area (Å²) in [7, 11) is -3.94. The van der Waals surface area contributed by atoms with Gasteiger partial charge in [0.05, 0.1) is 34.7 Å². The number of carbonyl (C=O) groups is 1. The van der Waals surface area contributed by atoms with E-state index in [2.05, 4.69) is 0 Å². The lowest BCUT2D eigenvalue weighted by Crippen LogP contribution is -2.40. The molecule has 0 atom stereocenters. The highest BCUT2D eigenvalue weighted by Crippen LogP contribution is 2.23. The number of morpholine rings is 1. The smallest absolute Gasteiger partial charge is 0.346 e. The maximum atomic E-state index is 14.1. The monoisotopic (exact) mass is 410 g/mol. The standard InChI is InChI=1S/C17H15FN2O7S/c18-16-5-4-14(28(24,25)19-6-8-26-9-7-19)11-15(16)17(21)27-13-3-1-2-12(10-13)20(22)23/h1-5,10-11H,6-9H2. The van der Waals surface area contributed by atoms with Gasteiger partial charge in [-0.3, -0.25) is 10.1 Å². The summed E-state index contributed by atoms with van der Waals surface area (Å²) in [6, 6.07) is 7.60. The van der Waals surface area contributed by atoms with Crippen molar-refractivity contribution in [3.8, 4) is 5.75 Å². The number of hydrogen-bond donors (Lipinski definition) is 0. The summed E-state index contributed by atoms with van der Waals surface area (Å²) >= 11 is 0. The number of nitro benzene ring substituents is 1. The average molecular weight is 410 g/mol. The SMILES string of the molecule is O=C(Oc1cccc([N+](=O)[O-])c1)c1cc(S(=O)(=O)N2CCOCC2)ccc1F. The maximum Gasteiger partial charge on any atom is 0.346 e. The lowest BCUT2D eigenvalue weighted by molar-refractivity contribution is -0.384. The summed E-state index contributed by atoms with van der Waals surface area (Å²) in [4.78, 5) is 22.2. The summed E-state index contributed by atoms with van der Waals surface area (Å²) in [5.41, 5.74) is -0.907. The van der Waals surface area contributed by atoms with E-state index in [0.717, 1.165) is 24.3 Å². The van der Waals surface area contributed by atoms with Crippen LogP contribution in [0.4, 0.5) is 10.1 Å². The number of benzene rings is 2. The van der Waals surface area contributed by atoms with Crippen LogP contribution < -0.4 is 4.74 Å². The van der Waals surface area contributed by atoms with Crippen LogP contribution in [0, 0.1) is 15.9 Å². The van der Waals surface area contributed by atoms with E-state index in [9.17, 15) is 27.7 Å². The van der Waals surface area contributed by atoms with Gasteiger partial charge < -0.3 is 9.47 Å². The zero-order valence-electron chi connectivity index (χ0n) is 14.4. The van der Waals surface area contributed by atoms with Crippen LogP contribution in [-0.4, -0.2) is 49.9 Å². The third-order valence-corrected chi connectivity index (χ3v) is 5.90.